The minimum absolute atomic E-state index is 0.224. The molecule has 0 fully saturated rings. The second-order valence-electron chi connectivity index (χ2n) is 7.07. The van der Waals surface area contributed by atoms with Crippen molar-refractivity contribution < 1.29 is 0 Å². The van der Waals surface area contributed by atoms with E-state index in [1.165, 1.54) is 0 Å². The Hall–Kier alpha value is -1.04. The third kappa shape index (κ3) is 1.13. The Morgan fingerprint density at radius 2 is 1.10 bits per heavy atom. The first-order valence-electron chi connectivity index (χ1n) is 7.31. The average molecular weight is 327 g/mol. The van der Waals surface area contributed by atoms with E-state index in [9.17, 15) is 0 Å². The van der Waals surface area contributed by atoms with Gasteiger partial charge in [0, 0.05) is 0 Å². The van der Waals surface area contributed by atoms with Crippen LogP contribution in [0.1, 0.15) is 44.4 Å². The molecule has 0 radical (unpaired) electrons. The van der Waals surface area contributed by atoms with Crippen molar-refractivity contribution >= 4 is 19.4 Å². The van der Waals surface area contributed by atoms with E-state index in [1.807, 2.05) is 0 Å². The Morgan fingerprint density at radius 3 is 1.60 bits per heavy atom. The van der Waals surface area contributed by atoms with E-state index in [2.05, 4.69) is 76.2 Å². The van der Waals surface area contributed by atoms with Gasteiger partial charge in [-0.15, -0.1) is 0 Å². The predicted molar refractivity (Wildman–Crippen MR) is 86.0 cm³/mol. The Kier molecular flexibility index (Phi) is 2.27. The molecule has 0 saturated carbocycles. The van der Waals surface area contributed by atoms with Crippen LogP contribution in [0.3, 0.4) is 0 Å². The van der Waals surface area contributed by atoms with Crippen LogP contribution in [-0.4, -0.2) is 15.0 Å². The first-order valence-corrected chi connectivity index (χ1v) is 9.03. The van der Waals surface area contributed by atoms with Crippen molar-refractivity contribution in [1.29, 1.82) is 0 Å². The van der Waals surface area contributed by atoms with Gasteiger partial charge in [0.05, 0.1) is 0 Å². The van der Waals surface area contributed by atoms with Gasteiger partial charge in [-0.05, 0) is 0 Å². The van der Waals surface area contributed by atoms with E-state index in [1.54, 1.807) is 21.2 Å². The monoisotopic (exact) mass is 328 g/mol. The zero-order valence-electron chi connectivity index (χ0n) is 12.5. The van der Waals surface area contributed by atoms with Crippen molar-refractivity contribution in [2.75, 3.05) is 0 Å². The summed E-state index contributed by atoms with van der Waals surface area (Å²) in [5.74, 6) is 0. The van der Waals surface area contributed by atoms with Crippen LogP contribution in [0.4, 0.5) is 0 Å². The summed E-state index contributed by atoms with van der Waals surface area (Å²) in [6.07, 6.45) is 0. The Balaban J connectivity index is 2.05. The summed E-state index contributed by atoms with van der Waals surface area (Å²) < 4.78 is 1.92. The van der Waals surface area contributed by atoms with Crippen LogP contribution in [0.5, 0.6) is 0 Å². The molecule has 0 amide bonds. The van der Waals surface area contributed by atoms with Crippen LogP contribution in [0, 0.1) is 0 Å². The minimum atomic E-state index is 0.224. The third-order valence-corrected chi connectivity index (χ3v) is 10.0. The van der Waals surface area contributed by atoms with E-state index in [4.69, 9.17) is 0 Å². The SMILES string of the molecule is CC1(C)c2ccccc2C(C)(C)C12[Se]c1ccccc12. The number of fused-ring (bicyclic) bond motifs is 3. The average Bonchev–Trinajstić information content (AvgIpc) is 2.53. The van der Waals surface area contributed by atoms with Gasteiger partial charge in [0.15, 0.2) is 0 Å². The molecule has 4 rings (SSSR count). The third-order valence-electron chi connectivity index (χ3n) is 5.56. The molecular formula is C19H20Se. The zero-order valence-corrected chi connectivity index (χ0v) is 14.2. The van der Waals surface area contributed by atoms with E-state index in [-0.39, 0.29) is 10.8 Å². The summed E-state index contributed by atoms with van der Waals surface area (Å²) in [6.45, 7) is 9.83. The van der Waals surface area contributed by atoms with Crippen LogP contribution >= 0.6 is 0 Å². The fourth-order valence-electron chi connectivity index (χ4n) is 4.68. The van der Waals surface area contributed by atoms with Crippen molar-refractivity contribution in [1.82, 2.24) is 0 Å². The number of hydrogen-bond acceptors (Lipinski definition) is 0. The van der Waals surface area contributed by atoms with E-state index < -0.39 is 0 Å². The molecule has 2 aliphatic rings. The van der Waals surface area contributed by atoms with Gasteiger partial charge >= 0.3 is 127 Å². The van der Waals surface area contributed by atoms with E-state index >= 15 is 0 Å². The quantitative estimate of drug-likeness (QED) is 0.650. The Bertz CT molecular complexity index is 674. The second kappa shape index (κ2) is 3.58. The normalized spacial score (nSPS) is 23.0. The van der Waals surface area contributed by atoms with Gasteiger partial charge in [0.2, 0.25) is 0 Å². The second-order valence-corrected chi connectivity index (χ2v) is 9.71. The van der Waals surface area contributed by atoms with E-state index in [0.717, 1.165) is 0 Å². The van der Waals surface area contributed by atoms with Crippen LogP contribution in [0.25, 0.3) is 0 Å². The van der Waals surface area contributed by atoms with Gasteiger partial charge in [-0.25, -0.2) is 0 Å². The molecule has 0 nitrogen and oxygen atoms in total. The molecular weight excluding hydrogens is 307 g/mol. The molecule has 0 atom stereocenters. The van der Waals surface area contributed by atoms with Crippen molar-refractivity contribution in [3.8, 4) is 0 Å². The van der Waals surface area contributed by atoms with Gasteiger partial charge in [-0.2, -0.15) is 0 Å². The molecule has 1 aliphatic carbocycles. The summed E-state index contributed by atoms with van der Waals surface area (Å²) in [4.78, 5) is 0. The molecule has 1 heteroatoms. The number of hydrogen-bond donors (Lipinski definition) is 0. The van der Waals surface area contributed by atoms with E-state index in [0.29, 0.717) is 19.3 Å². The molecule has 0 N–H and O–H groups in total. The summed E-state index contributed by atoms with van der Waals surface area (Å²) >= 11 is 0.551. The van der Waals surface area contributed by atoms with Crippen molar-refractivity contribution in [3.05, 3.63) is 65.2 Å². The first kappa shape index (κ1) is 12.7. The molecule has 0 unspecified atom stereocenters. The Morgan fingerprint density at radius 1 is 0.650 bits per heavy atom. The predicted octanol–water partition coefficient (Wildman–Crippen LogP) is 3.49. The van der Waals surface area contributed by atoms with Crippen molar-refractivity contribution in [3.63, 3.8) is 0 Å². The molecule has 1 heterocycles. The van der Waals surface area contributed by atoms with Crippen LogP contribution < -0.4 is 4.46 Å². The van der Waals surface area contributed by atoms with Gasteiger partial charge < -0.3 is 0 Å². The maximum absolute atomic E-state index is 2.46. The molecule has 20 heavy (non-hydrogen) atoms. The fraction of sp³-hybridized carbons (Fsp3) is 0.368. The van der Waals surface area contributed by atoms with Crippen LogP contribution in [0.2, 0.25) is 0 Å². The van der Waals surface area contributed by atoms with Crippen molar-refractivity contribution in [2.24, 2.45) is 0 Å². The standard InChI is InChI=1S/C19H20Se/c1-17(2)13-9-5-6-10-14(13)18(3,4)19(17)15-11-7-8-12-16(15)20-19/h5-12H,1-4H3. The van der Waals surface area contributed by atoms with Crippen LogP contribution in [-0.2, 0) is 15.1 Å². The topological polar surface area (TPSA) is 0 Å². The molecule has 0 aromatic heterocycles. The van der Waals surface area contributed by atoms with Gasteiger partial charge in [-0.1, -0.05) is 0 Å². The fourth-order valence-corrected chi connectivity index (χ4v) is 8.19. The molecule has 0 bridgehead atoms. The molecule has 2 aromatic carbocycles. The number of rotatable bonds is 0. The maximum atomic E-state index is 2.46. The first-order chi connectivity index (χ1) is 9.43. The summed E-state index contributed by atoms with van der Waals surface area (Å²) in [5, 5.41) is 0. The Labute approximate surface area is 127 Å². The van der Waals surface area contributed by atoms with Crippen molar-refractivity contribution in [2.45, 2.75) is 42.8 Å². The van der Waals surface area contributed by atoms with Gasteiger partial charge in [0.25, 0.3) is 0 Å². The summed E-state index contributed by atoms with van der Waals surface area (Å²) in [5.41, 5.74) is 5.16. The molecule has 1 spiro atoms. The molecule has 2 aromatic rings. The van der Waals surface area contributed by atoms with Crippen LogP contribution in [0.15, 0.2) is 48.5 Å². The zero-order chi connectivity index (χ0) is 14.2. The number of benzene rings is 2. The summed E-state index contributed by atoms with van der Waals surface area (Å²) in [7, 11) is 0. The molecule has 0 saturated heterocycles. The molecule has 1 aliphatic heterocycles. The van der Waals surface area contributed by atoms with Gasteiger partial charge in [-0.3, -0.25) is 0 Å². The summed E-state index contributed by atoms with van der Waals surface area (Å²) in [6, 6.07) is 18.2. The van der Waals surface area contributed by atoms with Gasteiger partial charge in [0.1, 0.15) is 0 Å². The molecule has 102 valence electrons.